The SMILES string of the molecule is Cc1cccc(CN2CCN(C(=O)c3cn4c(C)cccc4n3)C[C@H]2CCO)n1. The second kappa shape index (κ2) is 8.31. The summed E-state index contributed by atoms with van der Waals surface area (Å²) in [5.41, 5.74) is 4.31. The molecule has 1 N–H and O–H groups in total. The number of amides is 1. The summed E-state index contributed by atoms with van der Waals surface area (Å²) in [7, 11) is 0. The average Bonchev–Trinajstić information content (AvgIpc) is 3.15. The molecule has 1 saturated heterocycles. The van der Waals surface area contributed by atoms with E-state index in [1.165, 1.54) is 0 Å². The third-order valence-electron chi connectivity index (χ3n) is 5.58. The number of aryl methyl sites for hydroxylation is 2. The molecule has 29 heavy (non-hydrogen) atoms. The van der Waals surface area contributed by atoms with Gasteiger partial charge in [-0.25, -0.2) is 4.98 Å². The van der Waals surface area contributed by atoms with Crippen molar-refractivity contribution in [3.8, 4) is 0 Å². The van der Waals surface area contributed by atoms with E-state index in [4.69, 9.17) is 0 Å². The average molecular weight is 393 g/mol. The molecule has 1 fully saturated rings. The van der Waals surface area contributed by atoms with Crippen LogP contribution in [0, 0.1) is 13.8 Å². The van der Waals surface area contributed by atoms with Crippen LogP contribution in [0.1, 0.15) is 34.0 Å². The van der Waals surface area contributed by atoms with Crippen molar-refractivity contribution in [1.29, 1.82) is 0 Å². The second-order valence-corrected chi connectivity index (χ2v) is 7.68. The van der Waals surface area contributed by atoms with Gasteiger partial charge in [0, 0.05) is 56.4 Å². The van der Waals surface area contributed by atoms with E-state index in [0.29, 0.717) is 25.2 Å². The van der Waals surface area contributed by atoms with Gasteiger partial charge in [0.25, 0.3) is 5.91 Å². The van der Waals surface area contributed by atoms with Crippen molar-refractivity contribution in [2.45, 2.75) is 32.9 Å². The number of carbonyl (C=O) groups is 1. The van der Waals surface area contributed by atoms with Gasteiger partial charge in [-0.05, 0) is 44.5 Å². The van der Waals surface area contributed by atoms with E-state index in [-0.39, 0.29) is 18.6 Å². The summed E-state index contributed by atoms with van der Waals surface area (Å²) in [4.78, 5) is 26.4. The Morgan fingerprint density at radius 2 is 1.97 bits per heavy atom. The van der Waals surface area contributed by atoms with E-state index >= 15 is 0 Å². The first-order valence-electron chi connectivity index (χ1n) is 10.1. The van der Waals surface area contributed by atoms with Crippen molar-refractivity contribution in [3.63, 3.8) is 0 Å². The van der Waals surface area contributed by atoms with E-state index in [9.17, 15) is 9.90 Å². The number of fused-ring (bicyclic) bond motifs is 1. The Bertz CT molecular complexity index is 1020. The molecule has 0 spiro atoms. The standard InChI is InChI=1S/C22H27N5O2/c1-16-5-3-7-18(23-16)13-25-10-11-26(14-19(25)9-12-28)22(29)20-15-27-17(2)6-4-8-21(27)24-20/h3-8,15,19,28H,9-14H2,1-2H3/t19-/m1/s1. The maximum absolute atomic E-state index is 13.1. The van der Waals surface area contributed by atoms with Crippen LogP contribution in [0.2, 0.25) is 0 Å². The fraction of sp³-hybridized carbons (Fsp3) is 0.409. The lowest BCUT2D eigenvalue weighted by molar-refractivity contribution is 0.0387. The topological polar surface area (TPSA) is 74.0 Å². The van der Waals surface area contributed by atoms with Crippen molar-refractivity contribution in [3.05, 3.63) is 65.4 Å². The van der Waals surface area contributed by atoms with Crippen LogP contribution in [-0.2, 0) is 6.54 Å². The Labute approximate surface area is 170 Å². The van der Waals surface area contributed by atoms with Crippen molar-refractivity contribution < 1.29 is 9.90 Å². The van der Waals surface area contributed by atoms with Gasteiger partial charge in [0.05, 0.1) is 5.69 Å². The van der Waals surface area contributed by atoms with Gasteiger partial charge < -0.3 is 14.4 Å². The predicted octanol–water partition coefficient (Wildman–Crippen LogP) is 2.06. The minimum Gasteiger partial charge on any atom is -0.396 e. The van der Waals surface area contributed by atoms with Crippen LogP contribution in [0.5, 0.6) is 0 Å². The molecule has 0 aliphatic carbocycles. The number of carbonyl (C=O) groups excluding carboxylic acids is 1. The molecule has 4 heterocycles. The van der Waals surface area contributed by atoms with Crippen molar-refractivity contribution >= 4 is 11.6 Å². The summed E-state index contributed by atoms with van der Waals surface area (Å²) in [5, 5.41) is 9.55. The molecular weight excluding hydrogens is 366 g/mol. The third kappa shape index (κ3) is 4.16. The highest BCUT2D eigenvalue weighted by Gasteiger charge is 2.31. The van der Waals surface area contributed by atoms with E-state index in [1.807, 2.05) is 65.7 Å². The van der Waals surface area contributed by atoms with Gasteiger partial charge in [0.1, 0.15) is 11.3 Å². The molecule has 0 aromatic carbocycles. The minimum absolute atomic E-state index is 0.0515. The Kier molecular flexibility index (Phi) is 5.60. The van der Waals surface area contributed by atoms with Crippen LogP contribution in [0.15, 0.2) is 42.6 Å². The lowest BCUT2D eigenvalue weighted by atomic mass is 10.1. The molecule has 1 aliphatic heterocycles. The minimum atomic E-state index is -0.0515. The van der Waals surface area contributed by atoms with Gasteiger partial charge >= 0.3 is 0 Å². The molecule has 152 valence electrons. The highest BCUT2D eigenvalue weighted by molar-refractivity contribution is 5.93. The smallest absolute Gasteiger partial charge is 0.274 e. The molecule has 1 atom stereocenters. The fourth-order valence-electron chi connectivity index (χ4n) is 4.02. The van der Waals surface area contributed by atoms with E-state index in [2.05, 4.69) is 14.9 Å². The number of aliphatic hydroxyl groups excluding tert-OH is 1. The Morgan fingerprint density at radius 3 is 2.72 bits per heavy atom. The number of nitrogens with zero attached hydrogens (tertiary/aromatic N) is 5. The molecule has 7 heteroatoms. The van der Waals surface area contributed by atoms with Gasteiger partial charge in [-0.15, -0.1) is 0 Å². The highest BCUT2D eigenvalue weighted by atomic mass is 16.3. The van der Waals surface area contributed by atoms with E-state index in [0.717, 1.165) is 35.8 Å². The first-order chi connectivity index (χ1) is 14.0. The van der Waals surface area contributed by atoms with Crippen LogP contribution in [0.25, 0.3) is 5.65 Å². The van der Waals surface area contributed by atoms with E-state index < -0.39 is 0 Å². The number of piperazine rings is 1. The maximum Gasteiger partial charge on any atom is 0.274 e. The second-order valence-electron chi connectivity index (χ2n) is 7.68. The van der Waals surface area contributed by atoms with Crippen molar-refractivity contribution in [2.75, 3.05) is 26.2 Å². The zero-order valence-corrected chi connectivity index (χ0v) is 17.0. The third-order valence-corrected chi connectivity index (χ3v) is 5.58. The fourth-order valence-corrected chi connectivity index (χ4v) is 4.02. The lowest BCUT2D eigenvalue weighted by Crippen LogP contribution is -2.54. The van der Waals surface area contributed by atoms with Gasteiger partial charge in [0.2, 0.25) is 0 Å². The normalized spacial score (nSPS) is 17.8. The molecule has 1 aliphatic rings. The van der Waals surface area contributed by atoms with Crippen molar-refractivity contribution in [2.24, 2.45) is 0 Å². The van der Waals surface area contributed by atoms with Crippen LogP contribution >= 0.6 is 0 Å². The Balaban J connectivity index is 1.49. The van der Waals surface area contributed by atoms with Gasteiger partial charge in [-0.2, -0.15) is 0 Å². The summed E-state index contributed by atoms with van der Waals surface area (Å²) in [6, 6.07) is 12.0. The number of aliphatic hydroxyl groups is 1. The number of aromatic nitrogens is 3. The molecule has 3 aromatic heterocycles. The van der Waals surface area contributed by atoms with Gasteiger partial charge in [0.15, 0.2) is 0 Å². The Morgan fingerprint density at radius 1 is 1.14 bits per heavy atom. The molecule has 0 bridgehead atoms. The first-order valence-corrected chi connectivity index (χ1v) is 10.1. The molecule has 0 saturated carbocycles. The van der Waals surface area contributed by atoms with Crippen LogP contribution in [0.4, 0.5) is 0 Å². The summed E-state index contributed by atoms with van der Waals surface area (Å²) in [6.45, 7) is 6.77. The van der Waals surface area contributed by atoms with Crippen LogP contribution in [0.3, 0.4) is 0 Å². The summed E-state index contributed by atoms with van der Waals surface area (Å²) in [6.07, 6.45) is 2.44. The molecule has 0 unspecified atom stereocenters. The molecule has 7 nitrogen and oxygen atoms in total. The zero-order chi connectivity index (χ0) is 20.4. The zero-order valence-electron chi connectivity index (χ0n) is 17.0. The summed E-state index contributed by atoms with van der Waals surface area (Å²) >= 11 is 0. The maximum atomic E-state index is 13.1. The summed E-state index contributed by atoms with van der Waals surface area (Å²) in [5.74, 6) is -0.0515. The monoisotopic (exact) mass is 393 g/mol. The van der Waals surface area contributed by atoms with Gasteiger partial charge in [-0.3, -0.25) is 14.7 Å². The van der Waals surface area contributed by atoms with E-state index in [1.54, 1.807) is 0 Å². The largest absolute Gasteiger partial charge is 0.396 e. The molecular formula is C22H27N5O2. The molecule has 0 radical (unpaired) electrons. The predicted molar refractivity (Wildman–Crippen MR) is 111 cm³/mol. The highest BCUT2D eigenvalue weighted by Crippen LogP contribution is 2.18. The van der Waals surface area contributed by atoms with Crippen LogP contribution < -0.4 is 0 Å². The molecule has 3 aromatic rings. The quantitative estimate of drug-likeness (QED) is 0.718. The number of hydrogen-bond donors (Lipinski definition) is 1. The lowest BCUT2D eigenvalue weighted by Gasteiger charge is -2.41. The first kappa shape index (κ1) is 19.5. The van der Waals surface area contributed by atoms with Crippen LogP contribution in [-0.4, -0.2) is 67.5 Å². The number of pyridine rings is 2. The number of imidazole rings is 1. The van der Waals surface area contributed by atoms with Gasteiger partial charge in [-0.1, -0.05) is 12.1 Å². The molecule has 4 rings (SSSR count). The van der Waals surface area contributed by atoms with Crippen molar-refractivity contribution in [1.82, 2.24) is 24.2 Å². The number of rotatable bonds is 5. The molecule has 1 amide bonds. The Hall–Kier alpha value is -2.77. The summed E-state index contributed by atoms with van der Waals surface area (Å²) < 4.78 is 1.94. The number of hydrogen-bond acceptors (Lipinski definition) is 5.